The second kappa shape index (κ2) is 8.04. The van der Waals surface area contributed by atoms with Gasteiger partial charge in [0.25, 0.3) is 0 Å². The first-order chi connectivity index (χ1) is 10.1. The normalized spacial score (nSPS) is 10.6. The Labute approximate surface area is 123 Å². The average Bonchev–Trinajstić information content (AvgIpc) is 2.84. The van der Waals surface area contributed by atoms with E-state index < -0.39 is 11.9 Å². The van der Waals surface area contributed by atoms with E-state index in [9.17, 15) is 14.4 Å². The van der Waals surface area contributed by atoms with Crippen molar-refractivity contribution < 1.29 is 23.9 Å². The molecule has 0 saturated carbocycles. The van der Waals surface area contributed by atoms with E-state index in [1.54, 1.807) is 24.6 Å². The fourth-order valence-corrected chi connectivity index (χ4v) is 1.93. The summed E-state index contributed by atoms with van der Waals surface area (Å²) in [7, 11) is 0. The molecule has 0 radical (unpaired) electrons. The summed E-state index contributed by atoms with van der Waals surface area (Å²) in [6, 6.07) is 0. The Balaban J connectivity index is 3.45. The number of carbonyl (C=O) groups is 3. The Morgan fingerprint density at radius 3 is 2.29 bits per heavy atom. The van der Waals surface area contributed by atoms with Crippen molar-refractivity contribution in [2.45, 2.75) is 27.3 Å². The highest BCUT2D eigenvalue weighted by Gasteiger charge is 2.27. The van der Waals surface area contributed by atoms with Gasteiger partial charge in [0, 0.05) is 18.3 Å². The lowest BCUT2D eigenvalue weighted by molar-refractivity contribution is -0.104. The molecule has 0 N–H and O–H groups in total. The summed E-state index contributed by atoms with van der Waals surface area (Å²) < 4.78 is 11.6. The van der Waals surface area contributed by atoms with Crippen LogP contribution in [0, 0.1) is 0 Å². The number of carbonyl (C=O) groups excluding carboxylic acids is 3. The summed E-state index contributed by atoms with van der Waals surface area (Å²) in [4.78, 5) is 34.7. The number of aryl methyl sites for hydroxylation is 1. The molecule has 114 valence electrons. The summed E-state index contributed by atoms with van der Waals surface area (Å²) in [5, 5.41) is 0. The van der Waals surface area contributed by atoms with E-state index in [0.29, 0.717) is 18.4 Å². The maximum Gasteiger partial charge on any atom is 0.355 e. The number of hydrogen-bond donors (Lipinski definition) is 0. The molecule has 1 aromatic rings. The number of hydrogen-bond acceptors (Lipinski definition) is 5. The molecular weight excluding hydrogens is 274 g/mol. The number of rotatable bonds is 7. The van der Waals surface area contributed by atoms with Gasteiger partial charge < -0.3 is 14.0 Å². The minimum atomic E-state index is -0.613. The van der Waals surface area contributed by atoms with Crippen LogP contribution in [0.4, 0.5) is 0 Å². The van der Waals surface area contributed by atoms with Crippen molar-refractivity contribution in [3.63, 3.8) is 0 Å². The lowest BCUT2D eigenvalue weighted by Crippen LogP contribution is -2.17. The number of ether oxygens (including phenoxy) is 2. The van der Waals surface area contributed by atoms with Gasteiger partial charge in [0.15, 0.2) is 0 Å². The number of aromatic nitrogens is 1. The van der Waals surface area contributed by atoms with Crippen LogP contribution in [0.15, 0.2) is 12.3 Å². The summed E-state index contributed by atoms with van der Waals surface area (Å²) in [6.45, 7) is 6.08. The third kappa shape index (κ3) is 3.81. The summed E-state index contributed by atoms with van der Waals surface area (Å²) in [6.07, 6.45) is 4.95. The molecule has 0 aliphatic rings. The molecule has 0 aliphatic heterocycles. The van der Waals surface area contributed by atoms with Gasteiger partial charge in [0.05, 0.1) is 18.8 Å². The van der Waals surface area contributed by atoms with Gasteiger partial charge in [0.1, 0.15) is 12.0 Å². The summed E-state index contributed by atoms with van der Waals surface area (Å²) >= 11 is 0. The maximum absolute atomic E-state index is 12.1. The zero-order valence-electron chi connectivity index (χ0n) is 12.4. The van der Waals surface area contributed by atoms with Crippen LogP contribution in [-0.4, -0.2) is 36.0 Å². The molecule has 0 fully saturated rings. The van der Waals surface area contributed by atoms with Gasteiger partial charge >= 0.3 is 11.9 Å². The second-order valence-electron chi connectivity index (χ2n) is 4.03. The molecule has 21 heavy (non-hydrogen) atoms. The molecule has 0 bridgehead atoms. The maximum atomic E-state index is 12.1. The lowest BCUT2D eigenvalue weighted by atomic mass is 10.1. The highest BCUT2D eigenvalue weighted by molar-refractivity contribution is 6.05. The number of aldehydes is 1. The van der Waals surface area contributed by atoms with E-state index in [4.69, 9.17) is 9.47 Å². The van der Waals surface area contributed by atoms with Crippen LogP contribution < -0.4 is 0 Å². The van der Waals surface area contributed by atoms with Crippen LogP contribution in [0.5, 0.6) is 0 Å². The predicted molar refractivity (Wildman–Crippen MR) is 77.1 cm³/mol. The molecule has 0 aromatic carbocycles. The largest absolute Gasteiger partial charge is 0.462 e. The van der Waals surface area contributed by atoms with Gasteiger partial charge in [-0.1, -0.05) is 0 Å². The van der Waals surface area contributed by atoms with Gasteiger partial charge in [-0.25, -0.2) is 9.59 Å². The van der Waals surface area contributed by atoms with Crippen molar-refractivity contribution >= 4 is 24.3 Å². The number of esters is 2. The molecule has 1 heterocycles. The van der Waals surface area contributed by atoms with Crippen molar-refractivity contribution in [3.05, 3.63) is 29.1 Å². The zero-order chi connectivity index (χ0) is 15.8. The average molecular weight is 293 g/mol. The third-order valence-electron chi connectivity index (χ3n) is 2.75. The zero-order valence-corrected chi connectivity index (χ0v) is 12.4. The van der Waals surface area contributed by atoms with E-state index in [0.717, 1.165) is 0 Å². The van der Waals surface area contributed by atoms with E-state index in [-0.39, 0.29) is 24.5 Å². The Bertz CT molecular complexity index is 557. The van der Waals surface area contributed by atoms with E-state index in [2.05, 4.69) is 0 Å². The molecule has 6 nitrogen and oxygen atoms in total. The Kier molecular flexibility index (Phi) is 6.39. The highest BCUT2D eigenvalue weighted by Crippen LogP contribution is 2.22. The Morgan fingerprint density at radius 1 is 1.14 bits per heavy atom. The van der Waals surface area contributed by atoms with Crippen LogP contribution in [0.25, 0.3) is 6.08 Å². The molecule has 0 unspecified atom stereocenters. The SMILES string of the molecule is CCOC(=O)c1c(/C=C/C=O)cn(CC)c1C(=O)OCC. The number of nitrogens with zero attached hydrogens (tertiary/aromatic N) is 1. The summed E-state index contributed by atoms with van der Waals surface area (Å²) in [5.41, 5.74) is 0.712. The van der Waals surface area contributed by atoms with Crippen LogP contribution in [0.2, 0.25) is 0 Å². The molecule has 0 saturated heterocycles. The van der Waals surface area contributed by atoms with Gasteiger partial charge in [-0.3, -0.25) is 4.79 Å². The predicted octanol–water partition coefficient (Wildman–Crippen LogP) is 2.07. The standard InChI is InChI=1S/C15H19NO5/c1-4-16-10-11(8-7-9-17)12(14(18)20-5-2)13(16)15(19)21-6-3/h7-10H,4-6H2,1-3H3/b8-7+. The lowest BCUT2D eigenvalue weighted by Gasteiger charge is -2.08. The van der Waals surface area contributed by atoms with Crippen LogP contribution in [-0.2, 0) is 20.8 Å². The molecular formula is C15H19NO5. The minimum Gasteiger partial charge on any atom is -0.462 e. The molecule has 0 aliphatic carbocycles. The second-order valence-corrected chi connectivity index (χ2v) is 4.03. The molecule has 0 atom stereocenters. The molecule has 1 rings (SSSR count). The van der Waals surface area contributed by atoms with Crippen LogP contribution in [0.1, 0.15) is 47.2 Å². The first-order valence-corrected chi connectivity index (χ1v) is 6.79. The van der Waals surface area contributed by atoms with Crippen molar-refractivity contribution in [2.75, 3.05) is 13.2 Å². The van der Waals surface area contributed by atoms with E-state index in [1.807, 2.05) is 6.92 Å². The van der Waals surface area contributed by atoms with Crippen LogP contribution in [0.3, 0.4) is 0 Å². The summed E-state index contributed by atoms with van der Waals surface area (Å²) in [5.74, 6) is -1.20. The fourth-order valence-electron chi connectivity index (χ4n) is 1.93. The van der Waals surface area contributed by atoms with Gasteiger partial charge in [-0.05, 0) is 32.9 Å². The first-order valence-electron chi connectivity index (χ1n) is 6.79. The van der Waals surface area contributed by atoms with Gasteiger partial charge in [0.2, 0.25) is 0 Å². The smallest absolute Gasteiger partial charge is 0.355 e. The van der Waals surface area contributed by atoms with Crippen molar-refractivity contribution in [2.24, 2.45) is 0 Å². The van der Waals surface area contributed by atoms with Gasteiger partial charge in [-0.2, -0.15) is 0 Å². The Morgan fingerprint density at radius 2 is 1.76 bits per heavy atom. The van der Waals surface area contributed by atoms with E-state index >= 15 is 0 Å². The molecule has 1 aromatic heterocycles. The van der Waals surface area contributed by atoms with Crippen molar-refractivity contribution in [1.82, 2.24) is 4.57 Å². The third-order valence-corrected chi connectivity index (χ3v) is 2.75. The first kappa shape index (κ1) is 16.7. The molecule has 0 spiro atoms. The van der Waals surface area contributed by atoms with Gasteiger partial charge in [-0.15, -0.1) is 0 Å². The van der Waals surface area contributed by atoms with Crippen molar-refractivity contribution in [1.29, 1.82) is 0 Å². The molecule has 0 amide bonds. The fraction of sp³-hybridized carbons (Fsp3) is 0.400. The Hall–Kier alpha value is -2.37. The topological polar surface area (TPSA) is 74.6 Å². The van der Waals surface area contributed by atoms with Crippen molar-refractivity contribution in [3.8, 4) is 0 Å². The highest BCUT2D eigenvalue weighted by atomic mass is 16.5. The minimum absolute atomic E-state index is 0.121. The van der Waals surface area contributed by atoms with E-state index in [1.165, 1.54) is 12.2 Å². The monoisotopic (exact) mass is 293 g/mol. The number of allylic oxidation sites excluding steroid dienone is 1. The quantitative estimate of drug-likeness (QED) is 0.437. The molecule has 6 heteroatoms. The van der Waals surface area contributed by atoms with Crippen LogP contribution >= 0.6 is 0 Å².